The summed E-state index contributed by atoms with van der Waals surface area (Å²) in [6, 6.07) is 15.9. The molecule has 1 heterocycles. The molecule has 0 spiro atoms. The lowest BCUT2D eigenvalue weighted by atomic mass is 10.1. The molecule has 0 unspecified atom stereocenters. The molecule has 2 N–H and O–H groups in total. The predicted octanol–water partition coefficient (Wildman–Crippen LogP) is 1.48. The number of rotatable bonds is 5. The van der Waals surface area contributed by atoms with Crippen LogP contribution in [0.3, 0.4) is 0 Å². The molecule has 0 aliphatic carbocycles. The van der Waals surface area contributed by atoms with Gasteiger partial charge in [0.2, 0.25) is 0 Å². The van der Waals surface area contributed by atoms with E-state index in [0.29, 0.717) is 10.8 Å². The molecule has 1 atom stereocenters. The van der Waals surface area contributed by atoms with Crippen molar-refractivity contribution in [1.29, 1.82) is 0 Å². The van der Waals surface area contributed by atoms with Crippen LogP contribution in [0.2, 0.25) is 0 Å². The number of nitrogens with zero attached hydrogens (tertiary/aromatic N) is 2. The van der Waals surface area contributed by atoms with Crippen LogP contribution in [-0.4, -0.2) is 27.8 Å². The van der Waals surface area contributed by atoms with Gasteiger partial charge in [0.15, 0.2) is 11.8 Å². The first-order valence-corrected chi connectivity index (χ1v) is 8.01. The molecular formula is C19H17N3O4. The molecule has 0 aliphatic heterocycles. The average molecular weight is 351 g/mol. The summed E-state index contributed by atoms with van der Waals surface area (Å²) in [4.78, 5) is 36.4. The topological polar surface area (TPSA) is 104 Å². The molecule has 2 aromatic carbocycles. The fraction of sp³-hybridized carbons (Fsp3) is 0.158. The van der Waals surface area contributed by atoms with Crippen LogP contribution in [0, 0.1) is 0 Å². The van der Waals surface area contributed by atoms with Crippen LogP contribution in [-0.2, 0) is 16.1 Å². The van der Waals surface area contributed by atoms with Crippen molar-refractivity contribution in [3.63, 3.8) is 0 Å². The summed E-state index contributed by atoms with van der Waals surface area (Å²) in [5.41, 5.74) is 5.65. The Hall–Kier alpha value is -3.48. The molecule has 7 nitrogen and oxygen atoms in total. The highest BCUT2D eigenvalue weighted by atomic mass is 16.5. The van der Waals surface area contributed by atoms with Crippen molar-refractivity contribution in [3.05, 3.63) is 76.2 Å². The standard InChI is InChI=1S/C19H17N3O4/c1-12(17(20)23)26-19(25)16-14-9-5-6-10-15(14)18(24)22(21-16)11-13-7-3-2-4-8-13/h2-10,12H,11H2,1H3,(H2,20,23)/t12-/m0/s1. The minimum Gasteiger partial charge on any atom is -0.448 e. The highest BCUT2D eigenvalue weighted by Gasteiger charge is 2.22. The molecule has 0 radical (unpaired) electrons. The first-order valence-electron chi connectivity index (χ1n) is 8.01. The van der Waals surface area contributed by atoms with Gasteiger partial charge in [-0.15, -0.1) is 0 Å². The van der Waals surface area contributed by atoms with E-state index in [4.69, 9.17) is 10.5 Å². The van der Waals surface area contributed by atoms with Crippen LogP contribution in [0.15, 0.2) is 59.4 Å². The highest BCUT2D eigenvalue weighted by molar-refractivity contribution is 6.02. The van der Waals surface area contributed by atoms with Gasteiger partial charge in [0.1, 0.15) is 0 Å². The lowest BCUT2D eigenvalue weighted by molar-refractivity contribution is -0.125. The number of amides is 1. The highest BCUT2D eigenvalue weighted by Crippen LogP contribution is 2.15. The normalized spacial score (nSPS) is 11.9. The molecular weight excluding hydrogens is 334 g/mol. The minimum absolute atomic E-state index is 0.0377. The van der Waals surface area contributed by atoms with Gasteiger partial charge in [-0.05, 0) is 18.6 Å². The van der Waals surface area contributed by atoms with Gasteiger partial charge in [-0.3, -0.25) is 9.59 Å². The quantitative estimate of drug-likeness (QED) is 0.701. The van der Waals surface area contributed by atoms with Crippen molar-refractivity contribution < 1.29 is 14.3 Å². The Labute approximate surface area is 149 Å². The van der Waals surface area contributed by atoms with Crippen molar-refractivity contribution in [2.45, 2.75) is 19.6 Å². The number of esters is 1. The van der Waals surface area contributed by atoms with Gasteiger partial charge in [-0.1, -0.05) is 48.5 Å². The smallest absolute Gasteiger partial charge is 0.360 e. The zero-order valence-corrected chi connectivity index (χ0v) is 14.1. The van der Waals surface area contributed by atoms with E-state index < -0.39 is 18.0 Å². The number of benzene rings is 2. The van der Waals surface area contributed by atoms with Crippen LogP contribution >= 0.6 is 0 Å². The minimum atomic E-state index is -1.10. The monoisotopic (exact) mass is 351 g/mol. The third-order valence-electron chi connectivity index (χ3n) is 3.92. The van der Waals surface area contributed by atoms with E-state index in [1.807, 2.05) is 30.3 Å². The zero-order chi connectivity index (χ0) is 18.7. The fourth-order valence-corrected chi connectivity index (χ4v) is 2.52. The van der Waals surface area contributed by atoms with Gasteiger partial charge in [0.25, 0.3) is 11.5 Å². The number of nitrogens with two attached hydrogens (primary N) is 1. The number of hydrogen-bond acceptors (Lipinski definition) is 5. The Morgan fingerprint density at radius 1 is 1.08 bits per heavy atom. The number of ether oxygens (including phenoxy) is 1. The summed E-state index contributed by atoms with van der Waals surface area (Å²) >= 11 is 0. The van der Waals surface area contributed by atoms with E-state index in [-0.39, 0.29) is 17.8 Å². The summed E-state index contributed by atoms with van der Waals surface area (Å²) in [6.45, 7) is 1.58. The maximum absolute atomic E-state index is 12.7. The number of carbonyl (C=O) groups is 2. The van der Waals surface area contributed by atoms with Gasteiger partial charge in [0.05, 0.1) is 11.9 Å². The fourth-order valence-electron chi connectivity index (χ4n) is 2.52. The van der Waals surface area contributed by atoms with E-state index in [9.17, 15) is 14.4 Å². The third-order valence-corrected chi connectivity index (χ3v) is 3.92. The van der Waals surface area contributed by atoms with Crippen molar-refractivity contribution >= 4 is 22.6 Å². The van der Waals surface area contributed by atoms with Crippen LogP contribution in [0.25, 0.3) is 10.8 Å². The van der Waals surface area contributed by atoms with Crippen molar-refractivity contribution in [2.24, 2.45) is 5.73 Å². The largest absolute Gasteiger partial charge is 0.448 e. The van der Waals surface area contributed by atoms with E-state index in [2.05, 4.69) is 5.10 Å². The van der Waals surface area contributed by atoms with E-state index in [0.717, 1.165) is 5.56 Å². The van der Waals surface area contributed by atoms with Crippen LogP contribution < -0.4 is 11.3 Å². The Morgan fingerprint density at radius 3 is 2.35 bits per heavy atom. The molecule has 3 rings (SSSR count). The van der Waals surface area contributed by atoms with Crippen LogP contribution in [0.1, 0.15) is 23.0 Å². The molecule has 0 saturated carbocycles. The molecule has 0 fully saturated rings. The Kier molecular flexibility index (Phi) is 4.79. The first-order chi connectivity index (χ1) is 12.5. The number of fused-ring (bicyclic) bond motifs is 1. The number of hydrogen-bond donors (Lipinski definition) is 1. The second-order valence-electron chi connectivity index (χ2n) is 5.79. The molecule has 26 heavy (non-hydrogen) atoms. The summed E-state index contributed by atoms with van der Waals surface area (Å²) in [7, 11) is 0. The molecule has 0 aliphatic rings. The van der Waals surface area contributed by atoms with E-state index in [1.165, 1.54) is 11.6 Å². The summed E-state index contributed by atoms with van der Waals surface area (Å²) in [6.07, 6.45) is -1.10. The van der Waals surface area contributed by atoms with Gasteiger partial charge in [0, 0.05) is 5.39 Å². The van der Waals surface area contributed by atoms with Crippen molar-refractivity contribution in [3.8, 4) is 0 Å². The average Bonchev–Trinajstić information content (AvgIpc) is 2.64. The zero-order valence-electron chi connectivity index (χ0n) is 14.1. The second-order valence-corrected chi connectivity index (χ2v) is 5.79. The molecule has 0 saturated heterocycles. The maximum Gasteiger partial charge on any atom is 0.360 e. The lowest BCUT2D eigenvalue weighted by Gasteiger charge is -2.13. The maximum atomic E-state index is 12.7. The third kappa shape index (κ3) is 3.46. The summed E-state index contributed by atoms with van der Waals surface area (Å²) in [5, 5.41) is 4.89. The number of primary amides is 1. The van der Waals surface area contributed by atoms with Gasteiger partial charge in [-0.2, -0.15) is 5.10 Å². The van der Waals surface area contributed by atoms with Crippen molar-refractivity contribution in [2.75, 3.05) is 0 Å². The van der Waals surface area contributed by atoms with Crippen molar-refractivity contribution in [1.82, 2.24) is 9.78 Å². The van der Waals surface area contributed by atoms with E-state index in [1.54, 1.807) is 24.3 Å². The Bertz CT molecular complexity index is 1030. The van der Waals surface area contributed by atoms with Gasteiger partial charge >= 0.3 is 5.97 Å². The molecule has 3 aromatic rings. The second kappa shape index (κ2) is 7.18. The lowest BCUT2D eigenvalue weighted by Crippen LogP contribution is -2.32. The van der Waals surface area contributed by atoms with Gasteiger partial charge in [-0.25, -0.2) is 9.48 Å². The SMILES string of the molecule is C[C@H](OC(=O)c1nn(Cc2ccccc2)c(=O)c2ccccc12)C(N)=O. The van der Waals surface area contributed by atoms with E-state index >= 15 is 0 Å². The predicted molar refractivity (Wildman–Crippen MR) is 95.6 cm³/mol. The van der Waals surface area contributed by atoms with Crippen LogP contribution in [0.5, 0.6) is 0 Å². The molecule has 1 aromatic heterocycles. The van der Waals surface area contributed by atoms with Gasteiger partial charge < -0.3 is 10.5 Å². The Balaban J connectivity index is 2.10. The molecule has 0 bridgehead atoms. The Morgan fingerprint density at radius 2 is 1.69 bits per heavy atom. The molecule has 132 valence electrons. The number of carbonyl (C=O) groups excluding carboxylic acids is 2. The first kappa shape index (κ1) is 17.3. The van der Waals surface area contributed by atoms with Crippen LogP contribution in [0.4, 0.5) is 0 Å². The molecule has 7 heteroatoms. The number of aromatic nitrogens is 2. The summed E-state index contributed by atoms with van der Waals surface area (Å²) < 4.78 is 6.27. The summed E-state index contributed by atoms with van der Waals surface area (Å²) in [5.74, 6) is -1.57. The molecule has 1 amide bonds.